The molecule has 1 heterocycles. The molecule has 0 fully saturated rings. The van der Waals surface area contributed by atoms with Crippen molar-refractivity contribution in [3.8, 4) is 5.69 Å². The van der Waals surface area contributed by atoms with Crippen LogP contribution in [0.5, 0.6) is 0 Å². The summed E-state index contributed by atoms with van der Waals surface area (Å²) >= 11 is 9.51. The number of nitrogens with zero attached hydrogens (tertiary/aromatic N) is 3. The van der Waals surface area contributed by atoms with Crippen LogP contribution in [0.4, 0.5) is 0 Å². The monoisotopic (exact) mass is 285 g/mol. The molecule has 0 saturated carbocycles. The molecule has 0 radical (unpaired) electrons. The Morgan fingerprint density at radius 3 is 2.93 bits per heavy atom. The van der Waals surface area contributed by atoms with Gasteiger partial charge in [0.2, 0.25) is 0 Å². The first-order valence-corrected chi connectivity index (χ1v) is 5.95. The van der Waals surface area contributed by atoms with Gasteiger partial charge in [-0.15, -0.1) is 5.10 Å². The predicted molar refractivity (Wildman–Crippen MR) is 63.7 cm³/mol. The normalized spacial score (nSPS) is 10.6. The van der Waals surface area contributed by atoms with Crippen molar-refractivity contribution in [1.29, 1.82) is 0 Å². The van der Waals surface area contributed by atoms with Gasteiger partial charge in [0.1, 0.15) is 0 Å². The largest absolute Gasteiger partial charge is 0.219 e. The Hall–Kier alpha value is -0.870. The van der Waals surface area contributed by atoms with Crippen molar-refractivity contribution >= 4 is 27.5 Å². The molecule has 0 aliphatic heterocycles. The smallest absolute Gasteiger partial charge is 0.0937 e. The van der Waals surface area contributed by atoms with Crippen LogP contribution in [0.1, 0.15) is 11.3 Å². The summed E-state index contributed by atoms with van der Waals surface area (Å²) in [5.74, 6) is 0. The van der Waals surface area contributed by atoms with Crippen molar-refractivity contribution in [1.82, 2.24) is 15.0 Å². The second kappa shape index (κ2) is 4.33. The maximum absolute atomic E-state index is 6.18. The molecular weight excluding hydrogens is 277 g/mol. The first kappa shape index (κ1) is 10.6. The second-order valence-electron chi connectivity index (χ2n) is 3.20. The van der Waals surface area contributed by atoms with E-state index < -0.39 is 0 Å². The zero-order valence-corrected chi connectivity index (χ0v) is 10.5. The fourth-order valence-corrected chi connectivity index (χ4v) is 1.76. The van der Waals surface area contributed by atoms with Gasteiger partial charge >= 0.3 is 0 Å². The molecule has 2 rings (SSSR count). The summed E-state index contributed by atoms with van der Waals surface area (Å²) in [5, 5.41) is 9.40. The molecule has 1 aromatic carbocycles. The van der Waals surface area contributed by atoms with Crippen LogP contribution in [-0.2, 0) is 5.33 Å². The summed E-state index contributed by atoms with van der Waals surface area (Å²) in [6, 6.07) is 5.84. The van der Waals surface area contributed by atoms with Crippen molar-refractivity contribution in [3.05, 3.63) is 40.7 Å². The van der Waals surface area contributed by atoms with E-state index in [4.69, 9.17) is 11.6 Å². The number of aryl methyl sites for hydroxylation is 1. The van der Waals surface area contributed by atoms with Gasteiger partial charge < -0.3 is 0 Å². The molecule has 0 aliphatic rings. The van der Waals surface area contributed by atoms with E-state index in [1.165, 1.54) is 0 Å². The Balaban J connectivity index is 2.49. The van der Waals surface area contributed by atoms with E-state index in [2.05, 4.69) is 26.2 Å². The Morgan fingerprint density at radius 1 is 1.47 bits per heavy atom. The highest BCUT2D eigenvalue weighted by atomic mass is 79.9. The van der Waals surface area contributed by atoms with Crippen LogP contribution < -0.4 is 0 Å². The highest BCUT2D eigenvalue weighted by Gasteiger charge is 2.07. The fraction of sp³-hybridized carbons (Fsp3) is 0.200. The molecule has 1 aromatic heterocycles. The lowest BCUT2D eigenvalue weighted by atomic mass is 10.2. The zero-order chi connectivity index (χ0) is 10.8. The van der Waals surface area contributed by atoms with Gasteiger partial charge in [-0.25, -0.2) is 4.68 Å². The number of hydrogen-bond donors (Lipinski definition) is 0. The van der Waals surface area contributed by atoms with Crippen LogP contribution in [0.2, 0.25) is 5.02 Å². The van der Waals surface area contributed by atoms with Crippen LogP contribution >= 0.6 is 27.5 Å². The number of rotatable bonds is 2. The summed E-state index contributed by atoms with van der Waals surface area (Å²) in [6.45, 7) is 1.97. The van der Waals surface area contributed by atoms with E-state index in [9.17, 15) is 0 Å². The van der Waals surface area contributed by atoms with Gasteiger partial charge in [-0.05, 0) is 18.6 Å². The Bertz CT molecular complexity index is 481. The lowest BCUT2D eigenvalue weighted by Crippen LogP contribution is -1.96. The van der Waals surface area contributed by atoms with E-state index in [0.717, 1.165) is 16.9 Å². The quantitative estimate of drug-likeness (QED) is 0.794. The Morgan fingerprint density at radius 2 is 2.27 bits per heavy atom. The van der Waals surface area contributed by atoms with Gasteiger partial charge in [-0.1, -0.05) is 44.9 Å². The summed E-state index contributed by atoms with van der Waals surface area (Å²) in [7, 11) is 0. The highest BCUT2D eigenvalue weighted by Crippen LogP contribution is 2.23. The van der Waals surface area contributed by atoms with Crippen molar-refractivity contribution in [2.24, 2.45) is 0 Å². The topological polar surface area (TPSA) is 30.7 Å². The van der Waals surface area contributed by atoms with Crippen molar-refractivity contribution in [2.75, 3.05) is 0 Å². The first-order valence-electron chi connectivity index (χ1n) is 4.45. The van der Waals surface area contributed by atoms with Crippen LogP contribution in [0.15, 0.2) is 24.4 Å². The minimum atomic E-state index is 0.691. The minimum Gasteiger partial charge on any atom is -0.219 e. The zero-order valence-electron chi connectivity index (χ0n) is 8.11. The molecule has 0 atom stereocenters. The number of aromatic nitrogens is 3. The molecule has 3 nitrogen and oxygen atoms in total. The molecule has 0 aliphatic carbocycles. The van der Waals surface area contributed by atoms with Gasteiger partial charge in [-0.3, -0.25) is 0 Å². The highest BCUT2D eigenvalue weighted by molar-refractivity contribution is 9.08. The van der Waals surface area contributed by atoms with Gasteiger partial charge in [-0.2, -0.15) is 0 Å². The van der Waals surface area contributed by atoms with E-state index in [1.54, 1.807) is 4.68 Å². The van der Waals surface area contributed by atoms with E-state index >= 15 is 0 Å². The summed E-state index contributed by atoms with van der Waals surface area (Å²) in [5.41, 5.74) is 2.77. The predicted octanol–water partition coefficient (Wildman–Crippen LogP) is 3.12. The maximum Gasteiger partial charge on any atom is 0.0937 e. The van der Waals surface area contributed by atoms with Crippen LogP contribution in [0, 0.1) is 6.92 Å². The van der Waals surface area contributed by atoms with Crippen LogP contribution in [0.3, 0.4) is 0 Å². The molecule has 0 N–H and O–H groups in total. The molecule has 0 unspecified atom stereocenters. The van der Waals surface area contributed by atoms with Crippen molar-refractivity contribution in [3.63, 3.8) is 0 Å². The van der Waals surface area contributed by atoms with Crippen molar-refractivity contribution in [2.45, 2.75) is 12.3 Å². The standard InChI is InChI=1S/C10H9BrClN3/c1-7-3-2-4-9(10(7)12)15-6-8(5-11)13-14-15/h2-4,6H,5H2,1H3. The number of alkyl halides is 1. The Labute approximate surface area is 101 Å². The maximum atomic E-state index is 6.18. The molecule has 0 bridgehead atoms. The third-order valence-corrected chi connectivity index (χ3v) is 3.16. The second-order valence-corrected chi connectivity index (χ2v) is 4.13. The van der Waals surface area contributed by atoms with Gasteiger partial charge in [0.25, 0.3) is 0 Å². The minimum absolute atomic E-state index is 0.691. The third-order valence-electron chi connectivity index (χ3n) is 2.10. The average Bonchev–Trinajstić information content (AvgIpc) is 2.70. The van der Waals surface area contributed by atoms with E-state index in [0.29, 0.717) is 10.4 Å². The number of benzene rings is 1. The summed E-state index contributed by atoms with van der Waals surface area (Å²) in [4.78, 5) is 0. The molecule has 0 spiro atoms. The van der Waals surface area contributed by atoms with Crippen LogP contribution in [0.25, 0.3) is 5.69 Å². The Kier molecular flexibility index (Phi) is 3.07. The molecule has 0 saturated heterocycles. The molecule has 0 amide bonds. The van der Waals surface area contributed by atoms with Crippen LogP contribution in [-0.4, -0.2) is 15.0 Å². The average molecular weight is 287 g/mol. The van der Waals surface area contributed by atoms with Gasteiger partial charge in [0.05, 0.1) is 22.6 Å². The number of hydrogen-bond acceptors (Lipinski definition) is 2. The molecule has 78 valence electrons. The van der Waals surface area contributed by atoms with Gasteiger partial charge in [0.15, 0.2) is 0 Å². The summed E-state index contributed by atoms with van der Waals surface area (Å²) in [6.07, 6.45) is 1.86. The third kappa shape index (κ3) is 2.06. The SMILES string of the molecule is Cc1cccc(-n2cc(CBr)nn2)c1Cl. The number of halogens is 2. The van der Waals surface area contributed by atoms with E-state index in [-0.39, 0.29) is 0 Å². The lowest BCUT2D eigenvalue weighted by molar-refractivity contribution is 0.800. The first-order chi connectivity index (χ1) is 7.22. The molecule has 15 heavy (non-hydrogen) atoms. The fourth-order valence-electron chi connectivity index (χ4n) is 1.29. The molecule has 5 heteroatoms. The lowest BCUT2D eigenvalue weighted by Gasteiger charge is -2.04. The molecular formula is C10H9BrClN3. The summed E-state index contributed by atoms with van der Waals surface area (Å²) < 4.78 is 1.69. The van der Waals surface area contributed by atoms with Crippen molar-refractivity contribution < 1.29 is 0 Å². The van der Waals surface area contributed by atoms with Gasteiger partial charge in [0, 0.05) is 5.33 Å². The molecule has 2 aromatic rings. The van der Waals surface area contributed by atoms with E-state index in [1.807, 2.05) is 31.3 Å².